The van der Waals surface area contributed by atoms with Gasteiger partial charge in [-0.3, -0.25) is 0 Å². The third kappa shape index (κ3) is 466. The molecule has 0 N–H and O–H groups in total. The van der Waals surface area contributed by atoms with Gasteiger partial charge in [-0.05, 0) is 0 Å². The van der Waals surface area contributed by atoms with E-state index in [1.54, 1.807) is 0 Å². The molecule has 1 saturated carbocycles. The Morgan fingerprint density at radius 3 is 0.778 bits per heavy atom. The van der Waals surface area contributed by atoms with Gasteiger partial charge in [0.1, 0.15) is 0 Å². The molecule has 0 aliphatic heterocycles. The first kappa shape index (κ1) is 15.9. The molecule has 0 saturated heterocycles. The minimum Gasteiger partial charge on any atom is -0.106 e. The van der Waals surface area contributed by atoms with Crippen molar-refractivity contribution in [3.8, 4) is 0 Å². The Hall–Kier alpha value is -0.260. The highest BCUT2D eigenvalue weighted by Crippen LogP contribution is 2.14. The summed E-state index contributed by atoms with van der Waals surface area (Å²) in [6.45, 7) is 14.0. The molecular formula is C9H22. The maximum atomic E-state index is 3.00. The molecule has 0 radical (unpaired) electrons. The largest absolute Gasteiger partial charge is 0.106 e. The van der Waals surface area contributed by atoms with Crippen LogP contribution in [0.2, 0.25) is 0 Å². The average Bonchev–Trinajstić information content (AvgIpc) is 2.84. The van der Waals surface area contributed by atoms with Gasteiger partial charge in [-0.15, -0.1) is 13.2 Å². The normalized spacial score (nSPS) is 9.78. The van der Waals surface area contributed by atoms with Crippen LogP contribution in [0.15, 0.2) is 13.2 Å². The molecule has 0 aromatic heterocycles. The van der Waals surface area contributed by atoms with Crippen LogP contribution in [0.3, 0.4) is 0 Å². The van der Waals surface area contributed by atoms with Crippen LogP contribution in [0, 0.1) is 0 Å². The molecule has 9 heavy (non-hydrogen) atoms. The van der Waals surface area contributed by atoms with Crippen LogP contribution in [-0.4, -0.2) is 0 Å². The lowest BCUT2D eigenvalue weighted by atomic mass is 11.0. The van der Waals surface area contributed by atoms with Crippen molar-refractivity contribution in [1.29, 1.82) is 0 Å². The monoisotopic (exact) mass is 130 g/mol. The lowest BCUT2D eigenvalue weighted by Crippen LogP contribution is -0.856. The first-order valence-corrected chi connectivity index (χ1v) is 4.00. The summed E-state index contributed by atoms with van der Waals surface area (Å²) >= 11 is 0. The van der Waals surface area contributed by atoms with Gasteiger partial charge >= 0.3 is 0 Å². The standard InChI is InChI=1S/C3H6.2C2H6.C2H4/c1-2-3-1;3*1-2/h1-3H2;2*1-2H3;1-2H2. The smallest absolute Gasteiger partial charge is 0.0533 e. The summed E-state index contributed by atoms with van der Waals surface area (Å²) < 4.78 is 0. The van der Waals surface area contributed by atoms with Crippen LogP contribution in [0.1, 0.15) is 47.0 Å². The zero-order valence-electron chi connectivity index (χ0n) is 7.54. The van der Waals surface area contributed by atoms with Crippen LogP contribution in [0.5, 0.6) is 0 Å². The molecule has 0 spiro atoms. The molecule has 0 heteroatoms. The van der Waals surface area contributed by atoms with Gasteiger partial charge in [0.25, 0.3) is 0 Å². The molecule has 58 valence electrons. The highest BCUT2D eigenvalue weighted by molar-refractivity contribution is 4.50. The van der Waals surface area contributed by atoms with E-state index in [9.17, 15) is 0 Å². The summed E-state index contributed by atoms with van der Waals surface area (Å²) in [6.07, 6.45) is 4.50. The van der Waals surface area contributed by atoms with Crippen molar-refractivity contribution in [2.75, 3.05) is 0 Å². The highest BCUT2D eigenvalue weighted by atomic mass is 14.0. The van der Waals surface area contributed by atoms with Crippen LogP contribution in [0.25, 0.3) is 0 Å². The summed E-state index contributed by atoms with van der Waals surface area (Å²) in [6, 6.07) is 0. The maximum Gasteiger partial charge on any atom is -0.0533 e. The minimum absolute atomic E-state index is 1.50. The van der Waals surface area contributed by atoms with Crippen molar-refractivity contribution in [2.24, 2.45) is 0 Å². The van der Waals surface area contributed by atoms with Gasteiger partial charge in [0, 0.05) is 0 Å². The minimum atomic E-state index is 1.50. The molecular weight excluding hydrogens is 108 g/mol. The van der Waals surface area contributed by atoms with Crippen molar-refractivity contribution < 1.29 is 0 Å². The van der Waals surface area contributed by atoms with E-state index in [0.717, 1.165) is 0 Å². The van der Waals surface area contributed by atoms with Gasteiger partial charge in [-0.2, -0.15) is 0 Å². The first-order chi connectivity index (χ1) is 4.50. The molecule has 0 unspecified atom stereocenters. The number of hydrogen-bond acceptors (Lipinski definition) is 0. The van der Waals surface area contributed by atoms with E-state index in [0.29, 0.717) is 0 Å². The van der Waals surface area contributed by atoms with Crippen molar-refractivity contribution in [3.05, 3.63) is 13.2 Å². The van der Waals surface area contributed by atoms with Crippen LogP contribution in [-0.2, 0) is 0 Å². The molecule has 0 nitrogen and oxygen atoms in total. The maximum absolute atomic E-state index is 3.00. The van der Waals surface area contributed by atoms with Crippen LogP contribution < -0.4 is 0 Å². The molecule has 0 amide bonds. The fourth-order valence-electron chi connectivity index (χ4n) is 0. The molecule has 1 aliphatic carbocycles. The van der Waals surface area contributed by atoms with Crippen LogP contribution >= 0.6 is 0 Å². The number of rotatable bonds is 0. The Labute approximate surface area is 61.0 Å². The Morgan fingerprint density at radius 2 is 0.778 bits per heavy atom. The molecule has 1 aliphatic rings. The van der Waals surface area contributed by atoms with E-state index >= 15 is 0 Å². The average molecular weight is 130 g/mol. The summed E-state index contributed by atoms with van der Waals surface area (Å²) in [5, 5.41) is 0. The molecule has 0 aromatic rings. The zero-order valence-corrected chi connectivity index (χ0v) is 7.54. The third-order valence-electron chi connectivity index (χ3n) is 0.354. The van der Waals surface area contributed by atoms with E-state index in [1.165, 1.54) is 19.3 Å². The first-order valence-electron chi connectivity index (χ1n) is 4.00. The topological polar surface area (TPSA) is 0 Å². The second-order valence-electron chi connectivity index (χ2n) is 1.06. The summed E-state index contributed by atoms with van der Waals surface area (Å²) in [5.41, 5.74) is 0. The molecule has 0 aromatic carbocycles. The Balaban J connectivity index is -0.0000000557. The van der Waals surface area contributed by atoms with Crippen molar-refractivity contribution >= 4 is 0 Å². The molecule has 1 rings (SSSR count). The van der Waals surface area contributed by atoms with Gasteiger partial charge in [0.05, 0.1) is 0 Å². The molecule has 1 fully saturated rings. The second-order valence-corrected chi connectivity index (χ2v) is 1.06. The summed E-state index contributed by atoms with van der Waals surface area (Å²) in [5.74, 6) is 0. The molecule has 0 atom stereocenters. The third-order valence-corrected chi connectivity index (χ3v) is 0.354. The van der Waals surface area contributed by atoms with Gasteiger partial charge < -0.3 is 0 Å². The van der Waals surface area contributed by atoms with E-state index < -0.39 is 0 Å². The summed E-state index contributed by atoms with van der Waals surface area (Å²) in [7, 11) is 0. The summed E-state index contributed by atoms with van der Waals surface area (Å²) in [4.78, 5) is 0. The predicted octanol–water partition coefficient (Wildman–Crippen LogP) is 4.02. The Bertz CT molecular complexity index is 11.2. The fraction of sp³-hybridized carbons (Fsp3) is 0.778. The lowest BCUT2D eigenvalue weighted by Gasteiger charge is -1.07. The van der Waals surface area contributed by atoms with Crippen molar-refractivity contribution in [3.63, 3.8) is 0 Å². The van der Waals surface area contributed by atoms with E-state index in [-0.39, 0.29) is 0 Å². The van der Waals surface area contributed by atoms with Crippen molar-refractivity contribution in [2.45, 2.75) is 47.0 Å². The fourth-order valence-corrected chi connectivity index (χ4v) is 0. The van der Waals surface area contributed by atoms with Gasteiger partial charge in [0.15, 0.2) is 0 Å². The number of hydrogen-bond donors (Lipinski definition) is 0. The molecule has 0 heterocycles. The lowest BCUT2D eigenvalue weighted by molar-refractivity contribution is 1.50. The highest BCUT2D eigenvalue weighted by Gasteiger charge is 1.95. The van der Waals surface area contributed by atoms with E-state index in [2.05, 4.69) is 13.2 Å². The Morgan fingerprint density at radius 1 is 0.667 bits per heavy atom. The van der Waals surface area contributed by atoms with Gasteiger partial charge in [0.2, 0.25) is 0 Å². The van der Waals surface area contributed by atoms with Gasteiger partial charge in [-0.1, -0.05) is 47.0 Å². The van der Waals surface area contributed by atoms with Gasteiger partial charge in [-0.25, -0.2) is 0 Å². The van der Waals surface area contributed by atoms with Crippen LogP contribution in [0.4, 0.5) is 0 Å². The predicted molar refractivity (Wildman–Crippen MR) is 47.8 cm³/mol. The van der Waals surface area contributed by atoms with Crippen molar-refractivity contribution in [1.82, 2.24) is 0 Å². The zero-order chi connectivity index (χ0) is 8.12. The van der Waals surface area contributed by atoms with E-state index in [4.69, 9.17) is 0 Å². The quantitative estimate of drug-likeness (QED) is 0.434. The second kappa shape index (κ2) is 46.8. The molecule has 0 bridgehead atoms. The van der Waals surface area contributed by atoms with E-state index in [1.807, 2.05) is 27.7 Å². The Kier molecular flexibility index (Phi) is 82.7. The SMILES string of the molecule is C1CC1.C=C.CC.CC.